The van der Waals surface area contributed by atoms with Gasteiger partial charge in [-0.15, -0.1) is 35.4 Å². The molecule has 1 aromatic heterocycles. The molecule has 0 aliphatic heterocycles. The Morgan fingerprint density at radius 2 is 1.59 bits per heavy atom. The van der Waals surface area contributed by atoms with Gasteiger partial charge in [0.15, 0.2) is 0 Å². The summed E-state index contributed by atoms with van der Waals surface area (Å²) in [7, 11) is 0. The zero-order chi connectivity index (χ0) is 17.7. The van der Waals surface area contributed by atoms with Crippen molar-refractivity contribution in [1.29, 1.82) is 0 Å². The van der Waals surface area contributed by atoms with Crippen molar-refractivity contribution in [3.63, 3.8) is 0 Å². The van der Waals surface area contributed by atoms with Crippen LogP contribution in [0.25, 0.3) is 45.4 Å². The summed E-state index contributed by atoms with van der Waals surface area (Å²) in [6, 6.07) is 24.4. The second kappa shape index (κ2) is 6.88. The molecule has 3 aromatic carbocycles. The van der Waals surface area contributed by atoms with Gasteiger partial charge in [-0.1, -0.05) is 54.1 Å². The first kappa shape index (κ1) is 17.9. The van der Waals surface area contributed by atoms with Crippen LogP contribution in [0.15, 0.2) is 60.7 Å². The van der Waals surface area contributed by atoms with Crippen molar-refractivity contribution in [2.24, 2.45) is 0 Å². The normalized spacial score (nSPS) is 11.6. The predicted octanol–water partition coefficient (Wildman–Crippen LogP) is 6.47. The molecular weight excluding hydrogens is 506 g/mol. The van der Waals surface area contributed by atoms with Crippen LogP contribution in [0.3, 0.4) is 0 Å². The number of hydrogen-bond donors (Lipinski definition) is 0. The van der Waals surface area contributed by atoms with Gasteiger partial charge in [-0.25, -0.2) is 0 Å². The van der Waals surface area contributed by atoms with Gasteiger partial charge in [0.25, 0.3) is 0 Å². The molecule has 1 nitrogen and oxygen atoms in total. The smallest absolute Gasteiger partial charge is 0.0607 e. The standard InChI is InChI=1S/C25H18N.Ir/c1-16-11-14-23-24-21(16)12-13-22(24)17(2)25(26-23)20-10-6-9-19(15-20)18-7-4-3-5-8-18;/h3-9,11-15H,1-2H3;/q-1;. The maximum absolute atomic E-state index is 5.01. The van der Waals surface area contributed by atoms with Crippen molar-refractivity contribution in [1.82, 2.24) is 4.98 Å². The molecule has 1 aliphatic rings. The van der Waals surface area contributed by atoms with Crippen LogP contribution in [0.4, 0.5) is 0 Å². The Labute approximate surface area is 173 Å². The summed E-state index contributed by atoms with van der Waals surface area (Å²) in [4.78, 5) is 5.01. The van der Waals surface area contributed by atoms with Gasteiger partial charge < -0.3 is 0 Å². The summed E-state index contributed by atoms with van der Waals surface area (Å²) >= 11 is 0. The molecule has 0 atom stereocenters. The van der Waals surface area contributed by atoms with Crippen LogP contribution in [0.1, 0.15) is 22.3 Å². The average Bonchev–Trinajstić information content (AvgIpc) is 3.14. The number of nitrogens with zero attached hydrogens (tertiary/aromatic N) is 1. The Hall–Kier alpha value is -2.54. The van der Waals surface area contributed by atoms with E-state index >= 15 is 0 Å². The van der Waals surface area contributed by atoms with E-state index in [0.29, 0.717) is 0 Å². The third-order valence-electron chi connectivity index (χ3n) is 5.28. The van der Waals surface area contributed by atoms with Gasteiger partial charge in [0.2, 0.25) is 0 Å². The molecule has 1 heterocycles. The summed E-state index contributed by atoms with van der Waals surface area (Å²) in [5, 5.41) is 1.28. The molecule has 0 unspecified atom stereocenters. The molecule has 0 N–H and O–H groups in total. The van der Waals surface area contributed by atoms with Crippen molar-refractivity contribution in [3.05, 3.63) is 89.0 Å². The molecule has 0 bridgehead atoms. The summed E-state index contributed by atoms with van der Waals surface area (Å²) in [6.07, 6.45) is 4.45. The maximum atomic E-state index is 5.01. The van der Waals surface area contributed by atoms with Crippen LogP contribution < -0.4 is 0 Å². The second-order valence-corrected chi connectivity index (χ2v) is 6.88. The fourth-order valence-electron chi connectivity index (χ4n) is 3.87. The Morgan fingerprint density at radius 1 is 0.815 bits per heavy atom. The third kappa shape index (κ3) is 2.86. The predicted molar refractivity (Wildman–Crippen MR) is 110 cm³/mol. The van der Waals surface area contributed by atoms with Crippen LogP contribution in [-0.2, 0) is 20.1 Å². The zero-order valence-electron chi connectivity index (χ0n) is 15.2. The van der Waals surface area contributed by atoms with Crippen LogP contribution in [0, 0.1) is 19.9 Å². The van der Waals surface area contributed by atoms with Crippen LogP contribution in [-0.4, -0.2) is 4.98 Å². The van der Waals surface area contributed by atoms with Gasteiger partial charge in [-0.3, -0.25) is 4.98 Å². The Bertz CT molecular complexity index is 1190. The number of benzene rings is 3. The zero-order valence-corrected chi connectivity index (χ0v) is 17.6. The molecule has 27 heavy (non-hydrogen) atoms. The molecule has 2 heteroatoms. The monoisotopic (exact) mass is 525 g/mol. The van der Waals surface area contributed by atoms with Crippen molar-refractivity contribution in [3.8, 4) is 22.4 Å². The molecular formula is C25H18IrN-. The molecule has 0 saturated heterocycles. The van der Waals surface area contributed by atoms with E-state index in [1.54, 1.807) is 0 Å². The summed E-state index contributed by atoms with van der Waals surface area (Å²) in [5.74, 6) is 0. The number of aromatic nitrogens is 1. The van der Waals surface area contributed by atoms with E-state index in [9.17, 15) is 0 Å². The van der Waals surface area contributed by atoms with E-state index in [0.717, 1.165) is 16.8 Å². The van der Waals surface area contributed by atoms with Crippen molar-refractivity contribution < 1.29 is 20.1 Å². The number of aryl methyl sites for hydroxylation is 1. The van der Waals surface area contributed by atoms with E-state index < -0.39 is 0 Å². The minimum atomic E-state index is 0. The first-order chi connectivity index (χ1) is 12.7. The molecule has 5 rings (SSSR count). The van der Waals surface area contributed by atoms with Gasteiger partial charge in [0, 0.05) is 25.5 Å². The summed E-state index contributed by atoms with van der Waals surface area (Å²) in [6.45, 7) is 4.33. The Kier molecular flexibility index (Phi) is 4.55. The fourth-order valence-corrected chi connectivity index (χ4v) is 3.87. The first-order valence-corrected chi connectivity index (χ1v) is 8.92. The molecule has 1 radical (unpaired) electrons. The topological polar surface area (TPSA) is 12.9 Å². The first-order valence-electron chi connectivity index (χ1n) is 8.92. The number of hydrogen-bond acceptors (Lipinski definition) is 1. The van der Waals surface area contributed by atoms with Crippen molar-refractivity contribution in [2.45, 2.75) is 13.8 Å². The Balaban J connectivity index is 0.00000180. The summed E-state index contributed by atoms with van der Waals surface area (Å²) in [5.41, 5.74) is 10.7. The molecule has 0 spiro atoms. The van der Waals surface area contributed by atoms with Gasteiger partial charge in [0.1, 0.15) is 0 Å². The average molecular weight is 525 g/mol. The minimum Gasteiger partial charge on any atom is -0.296 e. The molecule has 1 aliphatic carbocycles. The maximum Gasteiger partial charge on any atom is 0.0607 e. The van der Waals surface area contributed by atoms with Gasteiger partial charge in [-0.2, -0.15) is 0 Å². The second-order valence-electron chi connectivity index (χ2n) is 6.88. The van der Waals surface area contributed by atoms with Crippen molar-refractivity contribution in [2.75, 3.05) is 0 Å². The van der Waals surface area contributed by atoms with Gasteiger partial charge in [0.05, 0.1) is 5.52 Å². The van der Waals surface area contributed by atoms with Gasteiger partial charge >= 0.3 is 0 Å². The number of rotatable bonds is 2. The third-order valence-corrected chi connectivity index (χ3v) is 5.28. The van der Waals surface area contributed by atoms with Crippen LogP contribution in [0.2, 0.25) is 0 Å². The van der Waals surface area contributed by atoms with Gasteiger partial charge in [-0.05, 0) is 47.9 Å². The van der Waals surface area contributed by atoms with E-state index in [2.05, 4.69) is 80.6 Å². The minimum absolute atomic E-state index is 0. The molecule has 4 aromatic rings. The van der Waals surface area contributed by atoms with E-state index in [1.165, 1.54) is 38.8 Å². The molecule has 0 saturated carbocycles. The van der Waals surface area contributed by atoms with Crippen molar-refractivity contribution >= 4 is 23.1 Å². The fraction of sp³-hybridized carbons (Fsp3) is 0.0800. The Morgan fingerprint density at radius 3 is 2.41 bits per heavy atom. The number of pyridine rings is 1. The molecule has 133 valence electrons. The van der Waals surface area contributed by atoms with Crippen LogP contribution >= 0.6 is 0 Å². The van der Waals surface area contributed by atoms with E-state index in [1.807, 2.05) is 12.1 Å². The largest absolute Gasteiger partial charge is 0.296 e. The van der Waals surface area contributed by atoms with E-state index in [4.69, 9.17) is 4.98 Å². The summed E-state index contributed by atoms with van der Waals surface area (Å²) < 4.78 is 0. The SMILES string of the molecule is Cc1ccc2nc(-c3[c-]ccc(-c4ccccc4)c3)c(C)c3c2c1C=C3.[Ir]. The van der Waals surface area contributed by atoms with E-state index in [-0.39, 0.29) is 20.1 Å². The quantitative estimate of drug-likeness (QED) is 0.241. The molecule has 0 amide bonds. The molecule has 0 fully saturated rings. The van der Waals surface area contributed by atoms with Crippen LogP contribution in [0.5, 0.6) is 0 Å².